The molecule has 0 amide bonds. The number of halogens is 1. The van der Waals surface area contributed by atoms with Gasteiger partial charge in [0.15, 0.2) is 0 Å². The van der Waals surface area contributed by atoms with Gasteiger partial charge in [-0.25, -0.2) is 4.98 Å². The minimum atomic E-state index is -0.501. The summed E-state index contributed by atoms with van der Waals surface area (Å²) in [5.74, 6) is 0.210. The van der Waals surface area contributed by atoms with Crippen molar-refractivity contribution in [2.24, 2.45) is 5.41 Å². The highest BCUT2D eigenvalue weighted by atomic mass is 19.1. The Hall–Kier alpha value is -1.64. The Morgan fingerprint density at radius 3 is 2.72 bits per heavy atom. The summed E-state index contributed by atoms with van der Waals surface area (Å²) in [5, 5.41) is 0. The van der Waals surface area contributed by atoms with Crippen LogP contribution < -0.4 is 0 Å². The van der Waals surface area contributed by atoms with E-state index in [9.17, 15) is 4.39 Å². The van der Waals surface area contributed by atoms with E-state index in [1.165, 1.54) is 36.5 Å². The molecule has 0 bridgehead atoms. The third-order valence-electron chi connectivity index (χ3n) is 5.78. The summed E-state index contributed by atoms with van der Waals surface area (Å²) in [6.45, 7) is 15.6. The normalized spacial score (nSPS) is 19.4. The number of rotatable bonds is 7. The molecule has 1 aromatic heterocycles. The molecule has 25 heavy (non-hydrogen) atoms. The second-order valence-corrected chi connectivity index (χ2v) is 8.03. The van der Waals surface area contributed by atoms with Gasteiger partial charge in [-0.1, -0.05) is 37.6 Å². The molecular formula is C22H32FNO. The van der Waals surface area contributed by atoms with Crippen LogP contribution in [0.25, 0.3) is 0 Å². The number of hydrogen-bond acceptors (Lipinski definition) is 2. The van der Waals surface area contributed by atoms with Crippen molar-refractivity contribution in [3.8, 4) is 0 Å². The summed E-state index contributed by atoms with van der Waals surface area (Å²) in [6, 6.07) is 4.97. The molecule has 138 valence electrons. The SMILES string of the molecule is C=C(OCC)C(C)(CCC1=C(C)CCCC1(C)C)c1cccc(F)n1. The molecule has 2 rings (SSSR count). The minimum Gasteiger partial charge on any atom is -0.498 e. The highest BCUT2D eigenvalue weighted by Crippen LogP contribution is 2.45. The lowest BCUT2D eigenvalue weighted by Crippen LogP contribution is -2.29. The molecule has 1 aliphatic rings. The molecule has 0 spiro atoms. The molecule has 1 atom stereocenters. The Kier molecular flexibility index (Phi) is 6.08. The molecule has 0 aromatic carbocycles. The van der Waals surface area contributed by atoms with Crippen molar-refractivity contribution < 1.29 is 9.13 Å². The highest BCUT2D eigenvalue weighted by Gasteiger charge is 2.36. The van der Waals surface area contributed by atoms with Crippen LogP contribution in [0.1, 0.15) is 72.4 Å². The molecular weight excluding hydrogens is 313 g/mol. The average molecular weight is 346 g/mol. The van der Waals surface area contributed by atoms with Gasteiger partial charge in [-0.15, -0.1) is 0 Å². The van der Waals surface area contributed by atoms with Crippen LogP contribution in [-0.2, 0) is 10.2 Å². The maximum absolute atomic E-state index is 13.7. The van der Waals surface area contributed by atoms with E-state index in [1.54, 1.807) is 6.07 Å². The Morgan fingerprint density at radius 1 is 1.40 bits per heavy atom. The van der Waals surface area contributed by atoms with E-state index in [-0.39, 0.29) is 5.41 Å². The zero-order chi connectivity index (χ0) is 18.7. The number of nitrogens with zero attached hydrogens (tertiary/aromatic N) is 1. The fourth-order valence-electron chi connectivity index (χ4n) is 4.06. The molecule has 3 heteroatoms. The Morgan fingerprint density at radius 2 is 2.12 bits per heavy atom. The van der Waals surface area contributed by atoms with Crippen LogP contribution in [0.15, 0.2) is 41.7 Å². The van der Waals surface area contributed by atoms with Gasteiger partial charge in [0, 0.05) is 0 Å². The zero-order valence-corrected chi connectivity index (χ0v) is 16.4. The second-order valence-electron chi connectivity index (χ2n) is 8.03. The fraction of sp³-hybridized carbons (Fsp3) is 0.591. The van der Waals surface area contributed by atoms with Crippen LogP contribution in [0.5, 0.6) is 0 Å². The monoisotopic (exact) mass is 345 g/mol. The summed E-state index contributed by atoms with van der Waals surface area (Å²) in [6.07, 6.45) is 5.44. The predicted octanol–water partition coefficient (Wildman–Crippen LogP) is 6.34. The van der Waals surface area contributed by atoms with Crippen molar-refractivity contribution in [2.75, 3.05) is 6.61 Å². The van der Waals surface area contributed by atoms with E-state index in [2.05, 4.69) is 39.3 Å². The van der Waals surface area contributed by atoms with Gasteiger partial charge < -0.3 is 4.74 Å². The average Bonchev–Trinajstić information content (AvgIpc) is 2.53. The van der Waals surface area contributed by atoms with E-state index >= 15 is 0 Å². The first kappa shape index (κ1) is 19.7. The Labute approximate surface area is 152 Å². The summed E-state index contributed by atoms with van der Waals surface area (Å²) in [7, 11) is 0. The van der Waals surface area contributed by atoms with Crippen molar-refractivity contribution in [1.82, 2.24) is 4.98 Å². The molecule has 0 saturated heterocycles. The van der Waals surface area contributed by atoms with E-state index in [0.717, 1.165) is 12.8 Å². The molecule has 1 aromatic rings. The topological polar surface area (TPSA) is 22.1 Å². The van der Waals surface area contributed by atoms with Crippen molar-refractivity contribution in [1.29, 1.82) is 0 Å². The van der Waals surface area contributed by atoms with E-state index in [4.69, 9.17) is 4.74 Å². The molecule has 0 fully saturated rings. The van der Waals surface area contributed by atoms with E-state index < -0.39 is 11.4 Å². The Balaban J connectivity index is 2.33. The van der Waals surface area contributed by atoms with Crippen LogP contribution in [-0.4, -0.2) is 11.6 Å². The van der Waals surface area contributed by atoms with Gasteiger partial charge >= 0.3 is 0 Å². The van der Waals surface area contributed by atoms with Crippen molar-refractivity contribution in [2.45, 2.75) is 72.1 Å². The molecule has 0 N–H and O–H groups in total. The molecule has 0 aliphatic heterocycles. The van der Waals surface area contributed by atoms with Crippen LogP contribution in [0.4, 0.5) is 4.39 Å². The van der Waals surface area contributed by atoms with Crippen LogP contribution in [0.3, 0.4) is 0 Å². The minimum absolute atomic E-state index is 0.228. The van der Waals surface area contributed by atoms with Crippen molar-refractivity contribution >= 4 is 0 Å². The summed E-state index contributed by atoms with van der Waals surface area (Å²) in [4.78, 5) is 4.14. The second kappa shape index (κ2) is 7.72. The van der Waals surface area contributed by atoms with Gasteiger partial charge in [-0.05, 0) is 70.4 Å². The first-order chi connectivity index (χ1) is 11.7. The third kappa shape index (κ3) is 4.31. The van der Waals surface area contributed by atoms with Gasteiger partial charge in [-0.3, -0.25) is 0 Å². The summed E-state index contributed by atoms with van der Waals surface area (Å²) < 4.78 is 19.5. The highest BCUT2D eigenvalue weighted by molar-refractivity contribution is 5.29. The summed E-state index contributed by atoms with van der Waals surface area (Å²) >= 11 is 0. The lowest BCUT2D eigenvalue weighted by Gasteiger charge is -2.37. The first-order valence-electron chi connectivity index (χ1n) is 9.35. The molecule has 1 heterocycles. The number of allylic oxidation sites excluding steroid dienone is 3. The largest absolute Gasteiger partial charge is 0.498 e. The standard InChI is InChI=1S/C22H32FNO/c1-7-25-17(3)22(6,19-11-8-12-20(23)24-19)15-13-18-16(2)10-9-14-21(18,4)5/h8,11-12H,3,7,9-10,13-15H2,1-2,4-6H3. The maximum atomic E-state index is 13.7. The fourth-order valence-corrected chi connectivity index (χ4v) is 4.06. The van der Waals surface area contributed by atoms with Crippen LogP contribution in [0, 0.1) is 11.4 Å². The number of aromatic nitrogens is 1. The van der Waals surface area contributed by atoms with Crippen LogP contribution >= 0.6 is 0 Å². The zero-order valence-electron chi connectivity index (χ0n) is 16.4. The van der Waals surface area contributed by atoms with Crippen molar-refractivity contribution in [3.05, 3.63) is 53.3 Å². The lowest BCUT2D eigenvalue weighted by molar-refractivity contribution is 0.173. The third-order valence-corrected chi connectivity index (χ3v) is 5.78. The van der Waals surface area contributed by atoms with E-state index in [1.807, 2.05) is 13.0 Å². The molecule has 1 unspecified atom stereocenters. The molecule has 0 saturated carbocycles. The van der Waals surface area contributed by atoms with Gasteiger partial charge in [0.2, 0.25) is 5.95 Å². The van der Waals surface area contributed by atoms with Crippen molar-refractivity contribution in [3.63, 3.8) is 0 Å². The van der Waals surface area contributed by atoms with Gasteiger partial charge in [0.05, 0.1) is 17.7 Å². The first-order valence-corrected chi connectivity index (χ1v) is 9.35. The lowest BCUT2D eigenvalue weighted by atomic mass is 9.68. The number of hydrogen-bond donors (Lipinski definition) is 0. The quantitative estimate of drug-likeness (QED) is 0.327. The van der Waals surface area contributed by atoms with Crippen LogP contribution in [0.2, 0.25) is 0 Å². The molecule has 2 nitrogen and oxygen atoms in total. The summed E-state index contributed by atoms with van der Waals surface area (Å²) in [5.41, 5.74) is 3.46. The predicted molar refractivity (Wildman–Crippen MR) is 102 cm³/mol. The van der Waals surface area contributed by atoms with E-state index in [0.29, 0.717) is 18.1 Å². The smallest absolute Gasteiger partial charge is 0.213 e. The van der Waals surface area contributed by atoms with Gasteiger partial charge in [0.1, 0.15) is 5.76 Å². The molecule has 1 aliphatic carbocycles. The Bertz CT molecular complexity index is 662. The number of ether oxygens (including phenoxy) is 1. The van der Waals surface area contributed by atoms with Gasteiger partial charge in [0.25, 0.3) is 0 Å². The maximum Gasteiger partial charge on any atom is 0.213 e. The number of pyridine rings is 1. The van der Waals surface area contributed by atoms with Gasteiger partial charge in [-0.2, -0.15) is 4.39 Å². The molecule has 0 radical (unpaired) electrons.